The number of aliphatic hydroxyl groups is 1. The van der Waals surface area contributed by atoms with Crippen molar-refractivity contribution in [3.05, 3.63) is 35.9 Å². The van der Waals surface area contributed by atoms with Gasteiger partial charge >= 0.3 is 0 Å². The number of hydrogen-bond acceptors (Lipinski definition) is 2. The van der Waals surface area contributed by atoms with Gasteiger partial charge in [-0.2, -0.15) is 0 Å². The van der Waals surface area contributed by atoms with Crippen LogP contribution < -0.4 is 0 Å². The molecule has 1 N–H and O–H groups in total. The van der Waals surface area contributed by atoms with Crippen LogP contribution in [0.2, 0.25) is 0 Å². The zero-order valence-electron chi connectivity index (χ0n) is 13.9. The van der Waals surface area contributed by atoms with Crippen molar-refractivity contribution >= 4 is 0 Å². The largest absolute Gasteiger partial charge is 0.388 e. The Morgan fingerprint density at radius 3 is 2.33 bits per heavy atom. The Morgan fingerprint density at radius 1 is 1.14 bits per heavy atom. The fourth-order valence-electron chi connectivity index (χ4n) is 3.64. The maximum Gasteiger partial charge on any atom is 0.0853 e. The molecule has 0 spiro atoms. The molecule has 0 radical (unpaired) electrons. The molecule has 1 aliphatic rings. The Bertz CT molecular complexity index is 409. The van der Waals surface area contributed by atoms with Gasteiger partial charge in [-0.15, -0.1) is 0 Å². The van der Waals surface area contributed by atoms with E-state index in [1.807, 2.05) is 30.3 Å². The van der Waals surface area contributed by atoms with Crippen LogP contribution in [0.25, 0.3) is 0 Å². The van der Waals surface area contributed by atoms with E-state index in [2.05, 4.69) is 25.7 Å². The van der Waals surface area contributed by atoms with Crippen LogP contribution in [0.4, 0.5) is 0 Å². The van der Waals surface area contributed by atoms with Gasteiger partial charge in [0.1, 0.15) is 0 Å². The molecule has 0 bridgehead atoms. The number of benzene rings is 1. The third-order valence-electron chi connectivity index (χ3n) is 4.96. The highest BCUT2D eigenvalue weighted by atomic mass is 16.3. The van der Waals surface area contributed by atoms with Crippen LogP contribution >= 0.6 is 0 Å². The Hall–Kier alpha value is -0.860. The molecule has 0 aromatic heterocycles. The summed E-state index contributed by atoms with van der Waals surface area (Å²) in [6, 6.07) is 10.8. The summed E-state index contributed by atoms with van der Waals surface area (Å²) in [6.07, 6.45) is 6.36. The molecule has 1 atom stereocenters. The fourth-order valence-corrected chi connectivity index (χ4v) is 3.64. The van der Waals surface area contributed by atoms with Crippen LogP contribution in [-0.2, 0) is 0 Å². The molecule has 0 heterocycles. The lowest BCUT2D eigenvalue weighted by atomic mass is 9.81. The monoisotopic (exact) mass is 289 g/mol. The fraction of sp³-hybridized carbons (Fsp3) is 0.684. The molecule has 1 saturated carbocycles. The van der Waals surface area contributed by atoms with E-state index in [0.29, 0.717) is 6.04 Å². The summed E-state index contributed by atoms with van der Waals surface area (Å²) < 4.78 is 0. The molecule has 0 amide bonds. The lowest BCUT2D eigenvalue weighted by molar-refractivity contribution is 0.00567. The first-order valence-electron chi connectivity index (χ1n) is 8.51. The van der Waals surface area contributed by atoms with Crippen molar-refractivity contribution in [2.75, 3.05) is 13.1 Å². The van der Waals surface area contributed by atoms with Gasteiger partial charge < -0.3 is 10.0 Å². The van der Waals surface area contributed by atoms with E-state index in [1.165, 1.54) is 32.1 Å². The molecule has 1 aromatic carbocycles. The first-order chi connectivity index (χ1) is 10.0. The van der Waals surface area contributed by atoms with Gasteiger partial charge in [0.25, 0.3) is 0 Å². The molecular formula is C19H31NO. The molecule has 2 nitrogen and oxygen atoms in total. The van der Waals surface area contributed by atoms with Crippen LogP contribution in [0.1, 0.15) is 64.5 Å². The van der Waals surface area contributed by atoms with E-state index in [0.717, 1.165) is 18.7 Å². The summed E-state index contributed by atoms with van der Waals surface area (Å²) in [6.45, 7) is 8.67. The molecule has 118 valence electrons. The summed E-state index contributed by atoms with van der Waals surface area (Å²) in [5, 5.41) is 10.8. The highest BCUT2D eigenvalue weighted by Crippen LogP contribution is 2.35. The molecule has 1 fully saturated rings. The van der Waals surface area contributed by atoms with Gasteiger partial charge in [0.05, 0.1) is 6.10 Å². The number of nitrogens with zero attached hydrogens (tertiary/aromatic N) is 1. The molecule has 0 aliphatic heterocycles. The van der Waals surface area contributed by atoms with E-state index in [4.69, 9.17) is 0 Å². The minimum atomic E-state index is -0.406. The van der Waals surface area contributed by atoms with Crippen LogP contribution in [0.15, 0.2) is 30.3 Å². The standard InChI is InChI=1S/C19H31NO/c1-4-20(17-13-9-6-10-14-17)15-19(2,3)18(21)16-11-7-5-8-12-16/h5,7-8,11-12,17-18,21H,4,6,9-10,13-15H2,1-3H3. The molecule has 1 aliphatic carbocycles. The summed E-state index contributed by atoms with van der Waals surface area (Å²) in [7, 11) is 0. The molecule has 0 saturated heterocycles. The molecule has 2 rings (SSSR count). The normalized spacial score (nSPS) is 18.9. The highest BCUT2D eigenvalue weighted by Gasteiger charge is 2.33. The molecule has 21 heavy (non-hydrogen) atoms. The van der Waals surface area contributed by atoms with Gasteiger partial charge in [-0.1, -0.05) is 70.4 Å². The van der Waals surface area contributed by atoms with Crippen LogP contribution in [0.3, 0.4) is 0 Å². The van der Waals surface area contributed by atoms with Crippen molar-refractivity contribution in [1.29, 1.82) is 0 Å². The predicted octanol–water partition coefficient (Wildman–Crippen LogP) is 4.40. The van der Waals surface area contributed by atoms with Gasteiger partial charge in [-0.25, -0.2) is 0 Å². The summed E-state index contributed by atoms with van der Waals surface area (Å²) >= 11 is 0. The first-order valence-corrected chi connectivity index (χ1v) is 8.51. The first kappa shape index (κ1) is 16.5. The van der Waals surface area contributed by atoms with Crippen molar-refractivity contribution < 1.29 is 5.11 Å². The third-order valence-corrected chi connectivity index (χ3v) is 4.96. The molecule has 1 unspecified atom stereocenters. The number of rotatable bonds is 6. The molecule has 1 aromatic rings. The maximum absolute atomic E-state index is 10.8. The second-order valence-corrected chi connectivity index (χ2v) is 7.16. The van der Waals surface area contributed by atoms with Crippen molar-refractivity contribution in [2.45, 2.75) is 65.0 Å². The van der Waals surface area contributed by atoms with Crippen molar-refractivity contribution in [3.63, 3.8) is 0 Å². The third kappa shape index (κ3) is 4.31. The molecule has 2 heteroatoms. The minimum absolute atomic E-state index is 0.130. The lowest BCUT2D eigenvalue weighted by Crippen LogP contribution is -2.44. The van der Waals surface area contributed by atoms with Gasteiger partial charge in [0.2, 0.25) is 0 Å². The Balaban J connectivity index is 2.03. The SMILES string of the molecule is CCN(CC(C)(C)C(O)c1ccccc1)C1CCCCC1. The van der Waals surface area contributed by atoms with E-state index in [-0.39, 0.29) is 5.41 Å². The quantitative estimate of drug-likeness (QED) is 0.839. The summed E-state index contributed by atoms with van der Waals surface area (Å²) in [5.74, 6) is 0. The maximum atomic E-state index is 10.8. The Kier molecular flexibility index (Phi) is 5.83. The minimum Gasteiger partial charge on any atom is -0.388 e. The number of hydrogen-bond donors (Lipinski definition) is 1. The molecular weight excluding hydrogens is 258 g/mol. The van der Waals surface area contributed by atoms with Crippen LogP contribution in [0.5, 0.6) is 0 Å². The van der Waals surface area contributed by atoms with E-state index in [9.17, 15) is 5.11 Å². The van der Waals surface area contributed by atoms with Gasteiger partial charge in [-0.05, 0) is 24.9 Å². The average molecular weight is 289 g/mol. The number of aliphatic hydroxyl groups excluding tert-OH is 1. The lowest BCUT2D eigenvalue weighted by Gasteiger charge is -2.41. The average Bonchev–Trinajstić information content (AvgIpc) is 2.53. The van der Waals surface area contributed by atoms with Crippen LogP contribution in [0, 0.1) is 5.41 Å². The van der Waals surface area contributed by atoms with Crippen LogP contribution in [-0.4, -0.2) is 29.1 Å². The second kappa shape index (κ2) is 7.42. The van der Waals surface area contributed by atoms with E-state index >= 15 is 0 Å². The smallest absolute Gasteiger partial charge is 0.0853 e. The van der Waals surface area contributed by atoms with Gasteiger partial charge in [0.15, 0.2) is 0 Å². The zero-order valence-corrected chi connectivity index (χ0v) is 13.9. The summed E-state index contributed by atoms with van der Waals surface area (Å²) in [4.78, 5) is 2.59. The van der Waals surface area contributed by atoms with Crippen molar-refractivity contribution in [2.24, 2.45) is 5.41 Å². The van der Waals surface area contributed by atoms with Crippen molar-refractivity contribution in [3.8, 4) is 0 Å². The topological polar surface area (TPSA) is 23.5 Å². The van der Waals surface area contributed by atoms with E-state index in [1.54, 1.807) is 0 Å². The summed E-state index contributed by atoms with van der Waals surface area (Å²) in [5.41, 5.74) is 0.900. The zero-order chi connectivity index (χ0) is 15.3. The van der Waals surface area contributed by atoms with E-state index < -0.39 is 6.10 Å². The Labute approximate surface area is 130 Å². The van der Waals surface area contributed by atoms with Crippen molar-refractivity contribution in [1.82, 2.24) is 4.90 Å². The predicted molar refractivity (Wildman–Crippen MR) is 89.3 cm³/mol. The Morgan fingerprint density at radius 2 is 1.76 bits per heavy atom. The highest BCUT2D eigenvalue weighted by molar-refractivity contribution is 5.19. The second-order valence-electron chi connectivity index (χ2n) is 7.16. The van der Waals surface area contributed by atoms with Gasteiger partial charge in [0, 0.05) is 18.0 Å². The van der Waals surface area contributed by atoms with Gasteiger partial charge in [-0.3, -0.25) is 0 Å².